The molecule has 26 heavy (non-hydrogen) atoms. The zero-order chi connectivity index (χ0) is 19.8. The Bertz CT molecular complexity index is 710. The maximum atomic E-state index is 13.1. The summed E-state index contributed by atoms with van der Waals surface area (Å²) in [6, 6.07) is 6.82. The van der Waals surface area contributed by atoms with E-state index in [2.05, 4.69) is 33.9 Å². The van der Waals surface area contributed by atoms with Crippen molar-refractivity contribution >= 4 is 18.3 Å². The summed E-state index contributed by atoms with van der Waals surface area (Å²) in [5.41, 5.74) is 1.04. The smallest absolute Gasteiger partial charge is 0.243 e. The van der Waals surface area contributed by atoms with Crippen LogP contribution in [0.25, 0.3) is 0 Å². The van der Waals surface area contributed by atoms with Gasteiger partial charge in [0.2, 0.25) is 10.0 Å². The van der Waals surface area contributed by atoms with Crippen molar-refractivity contribution in [3.8, 4) is 0 Å². The fraction of sp³-hybridized carbons (Fsp3) is 0.684. The fourth-order valence-corrected chi connectivity index (χ4v) is 5.27. The van der Waals surface area contributed by atoms with Gasteiger partial charge in [0.1, 0.15) is 0 Å². The third-order valence-corrected chi connectivity index (χ3v) is 12.0. The van der Waals surface area contributed by atoms with E-state index in [0.29, 0.717) is 24.7 Å². The Hall–Kier alpha value is -0.733. The molecular weight excluding hydrogens is 366 g/mol. The molecule has 1 saturated heterocycles. The quantitative estimate of drug-likeness (QED) is 0.707. The molecule has 2 atom stereocenters. The first-order valence-electron chi connectivity index (χ1n) is 9.19. The molecule has 1 heterocycles. The minimum Gasteiger partial charge on any atom is -0.414 e. The fourth-order valence-electron chi connectivity index (χ4n) is 2.59. The van der Waals surface area contributed by atoms with E-state index >= 15 is 0 Å². The van der Waals surface area contributed by atoms with E-state index in [1.165, 1.54) is 0 Å². The van der Waals surface area contributed by atoms with E-state index < -0.39 is 18.3 Å². The molecule has 148 valence electrons. The van der Waals surface area contributed by atoms with Gasteiger partial charge in [-0.15, -0.1) is 0 Å². The van der Waals surface area contributed by atoms with Crippen molar-refractivity contribution in [3.63, 3.8) is 0 Å². The SMILES string of the molecule is Cc1ccc(S(=O)(=O)N2C[C@H](CO[Si](C)(C)C(C)(C)C)OC[C@H]2C)cc1. The Kier molecular flexibility index (Phi) is 6.40. The van der Waals surface area contributed by atoms with Crippen molar-refractivity contribution in [2.45, 2.75) is 69.8 Å². The van der Waals surface area contributed by atoms with Crippen LogP contribution in [0.15, 0.2) is 29.2 Å². The summed E-state index contributed by atoms with van der Waals surface area (Å²) in [6.45, 7) is 15.9. The van der Waals surface area contributed by atoms with Gasteiger partial charge >= 0.3 is 0 Å². The summed E-state index contributed by atoms with van der Waals surface area (Å²) in [5, 5.41) is 0.114. The van der Waals surface area contributed by atoms with Crippen molar-refractivity contribution in [3.05, 3.63) is 29.8 Å². The van der Waals surface area contributed by atoms with E-state index in [1.54, 1.807) is 16.4 Å². The Labute approximate surface area is 159 Å². The molecule has 1 fully saturated rings. The molecule has 1 aromatic carbocycles. The van der Waals surface area contributed by atoms with Gasteiger partial charge in [-0.05, 0) is 44.1 Å². The van der Waals surface area contributed by atoms with Crippen LogP contribution >= 0.6 is 0 Å². The lowest BCUT2D eigenvalue weighted by atomic mass is 10.2. The van der Waals surface area contributed by atoms with E-state index in [0.717, 1.165) is 5.56 Å². The summed E-state index contributed by atoms with van der Waals surface area (Å²) >= 11 is 0. The molecule has 0 bridgehead atoms. The third kappa shape index (κ3) is 4.75. The predicted molar refractivity (Wildman–Crippen MR) is 107 cm³/mol. The average molecular weight is 400 g/mol. The molecule has 0 spiro atoms. The highest BCUT2D eigenvalue weighted by molar-refractivity contribution is 7.89. The van der Waals surface area contributed by atoms with Crippen molar-refractivity contribution in [2.75, 3.05) is 19.8 Å². The third-order valence-electron chi connectivity index (χ3n) is 5.51. The number of ether oxygens (including phenoxy) is 1. The molecule has 1 aromatic rings. The minimum absolute atomic E-state index is 0.114. The molecule has 1 aliphatic rings. The average Bonchev–Trinajstić information content (AvgIpc) is 2.53. The Morgan fingerprint density at radius 2 is 1.81 bits per heavy atom. The van der Waals surface area contributed by atoms with E-state index in [4.69, 9.17) is 9.16 Å². The topological polar surface area (TPSA) is 55.8 Å². The number of benzene rings is 1. The number of nitrogens with zero attached hydrogens (tertiary/aromatic N) is 1. The Morgan fingerprint density at radius 3 is 2.35 bits per heavy atom. The monoisotopic (exact) mass is 399 g/mol. The van der Waals surface area contributed by atoms with Crippen LogP contribution in [0.2, 0.25) is 18.1 Å². The number of morpholine rings is 1. The number of rotatable bonds is 5. The van der Waals surface area contributed by atoms with Crippen LogP contribution in [-0.2, 0) is 19.2 Å². The first kappa shape index (κ1) is 21.6. The number of hydrogen-bond donors (Lipinski definition) is 0. The summed E-state index contributed by atoms with van der Waals surface area (Å²) in [5.74, 6) is 0. The van der Waals surface area contributed by atoms with Gasteiger partial charge in [0.05, 0.1) is 24.2 Å². The number of hydrogen-bond acceptors (Lipinski definition) is 4. The zero-order valence-corrected chi connectivity index (χ0v) is 18.9. The molecule has 0 amide bonds. The van der Waals surface area contributed by atoms with Crippen LogP contribution in [0, 0.1) is 6.92 Å². The molecule has 0 N–H and O–H groups in total. The molecule has 0 aromatic heterocycles. The zero-order valence-electron chi connectivity index (χ0n) is 17.1. The van der Waals surface area contributed by atoms with Crippen molar-refractivity contribution < 1.29 is 17.6 Å². The Morgan fingerprint density at radius 1 is 1.23 bits per heavy atom. The maximum absolute atomic E-state index is 13.1. The second-order valence-electron chi connectivity index (χ2n) is 8.76. The van der Waals surface area contributed by atoms with Gasteiger partial charge in [-0.2, -0.15) is 4.31 Å². The van der Waals surface area contributed by atoms with Crippen LogP contribution in [0.5, 0.6) is 0 Å². The molecule has 0 aliphatic carbocycles. The first-order chi connectivity index (χ1) is 11.8. The van der Waals surface area contributed by atoms with Crippen LogP contribution in [0.1, 0.15) is 33.3 Å². The number of sulfonamides is 1. The van der Waals surface area contributed by atoms with Crippen LogP contribution in [0.3, 0.4) is 0 Å². The van der Waals surface area contributed by atoms with E-state index in [-0.39, 0.29) is 17.2 Å². The molecule has 7 heteroatoms. The van der Waals surface area contributed by atoms with Gasteiger partial charge in [-0.1, -0.05) is 38.5 Å². The maximum Gasteiger partial charge on any atom is 0.243 e. The second-order valence-corrected chi connectivity index (χ2v) is 15.5. The van der Waals surface area contributed by atoms with Gasteiger partial charge in [0.15, 0.2) is 8.32 Å². The highest BCUT2D eigenvalue weighted by Gasteiger charge is 2.40. The van der Waals surface area contributed by atoms with Crippen molar-refractivity contribution in [2.24, 2.45) is 0 Å². The van der Waals surface area contributed by atoms with Gasteiger partial charge in [0.25, 0.3) is 0 Å². The second kappa shape index (κ2) is 7.71. The Balaban J connectivity index is 2.11. The lowest BCUT2D eigenvalue weighted by molar-refractivity contribution is -0.0490. The van der Waals surface area contributed by atoms with E-state index in [1.807, 2.05) is 26.0 Å². The van der Waals surface area contributed by atoms with Crippen LogP contribution < -0.4 is 0 Å². The molecule has 0 radical (unpaired) electrons. The molecule has 1 aliphatic heterocycles. The number of aryl methyl sites for hydroxylation is 1. The standard InChI is InChI=1S/C19H33NO4SSi/c1-15-8-10-18(11-9-15)25(21,22)20-12-17(23-13-16(20)2)14-24-26(6,7)19(3,4)5/h8-11,16-17H,12-14H2,1-7H3/t16-,17-/m1/s1. The summed E-state index contributed by atoms with van der Waals surface area (Å²) in [6.07, 6.45) is -0.236. The summed E-state index contributed by atoms with van der Waals surface area (Å²) < 4.78 is 39.8. The highest BCUT2D eigenvalue weighted by atomic mass is 32.2. The summed E-state index contributed by atoms with van der Waals surface area (Å²) in [7, 11) is -5.43. The van der Waals surface area contributed by atoms with E-state index in [9.17, 15) is 8.42 Å². The van der Waals surface area contributed by atoms with Crippen LogP contribution in [0.4, 0.5) is 0 Å². The van der Waals surface area contributed by atoms with Gasteiger partial charge < -0.3 is 9.16 Å². The molecule has 0 saturated carbocycles. The van der Waals surface area contributed by atoms with Crippen molar-refractivity contribution in [1.82, 2.24) is 4.31 Å². The predicted octanol–water partition coefficient (Wildman–Crippen LogP) is 3.79. The lowest BCUT2D eigenvalue weighted by Crippen LogP contribution is -2.53. The van der Waals surface area contributed by atoms with Gasteiger partial charge in [0, 0.05) is 12.6 Å². The molecule has 0 unspecified atom stereocenters. The van der Waals surface area contributed by atoms with Crippen LogP contribution in [-0.4, -0.2) is 52.9 Å². The molecular formula is C19H33NO4SSi. The molecule has 5 nitrogen and oxygen atoms in total. The molecule has 2 rings (SSSR count). The highest BCUT2D eigenvalue weighted by Crippen LogP contribution is 2.36. The largest absolute Gasteiger partial charge is 0.414 e. The summed E-state index contributed by atoms with van der Waals surface area (Å²) in [4.78, 5) is 0.334. The first-order valence-corrected chi connectivity index (χ1v) is 13.5. The normalized spacial score (nSPS) is 23.2. The lowest BCUT2D eigenvalue weighted by Gasteiger charge is -2.40. The van der Waals surface area contributed by atoms with Crippen molar-refractivity contribution in [1.29, 1.82) is 0 Å². The van der Waals surface area contributed by atoms with Gasteiger partial charge in [-0.3, -0.25) is 0 Å². The van der Waals surface area contributed by atoms with Gasteiger partial charge in [-0.25, -0.2) is 8.42 Å². The minimum atomic E-state index is -3.53.